The number of rotatable bonds is 4. The second-order valence-corrected chi connectivity index (χ2v) is 5.53. The van der Waals surface area contributed by atoms with Gasteiger partial charge in [0.1, 0.15) is 0 Å². The van der Waals surface area contributed by atoms with Gasteiger partial charge in [-0.1, -0.05) is 0 Å². The molecule has 2 aromatic rings. The number of aromatic nitrogens is 5. The molecule has 1 atom stereocenters. The molecular weight excluding hydrogens is 364 g/mol. The average molecular weight is 376 g/mol. The molecular formula is C10H12Br2N6. The van der Waals surface area contributed by atoms with E-state index in [-0.39, 0.29) is 6.04 Å². The molecule has 0 saturated carbocycles. The molecule has 1 unspecified atom stereocenters. The Morgan fingerprint density at radius 3 is 2.78 bits per heavy atom. The zero-order chi connectivity index (χ0) is 13.1. The molecule has 0 aliphatic carbocycles. The van der Waals surface area contributed by atoms with Crippen molar-refractivity contribution < 1.29 is 0 Å². The van der Waals surface area contributed by atoms with E-state index in [0.717, 1.165) is 14.6 Å². The number of halogens is 2. The number of tetrazole rings is 1. The molecule has 0 aliphatic rings. The maximum atomic E-state index is 4.41. The van der Waals surface area contributed by atoms with E-state index in [9.17, 15) is 0 Å². The van der Waals surface area contributed by atoms with Gasteiger partial charge in [-0.3, -0.25) is 4.98 Å². The molecule has 0 aromatic carbocycles. The number of nitrogens with one attached hydrogen (secondary N) is 1. The number of pyridine rings is 1. The van der Waals surface area contributed by atoms with Crippen LogP contribution in [0.2, 0.25) is 0 Å². The van der Waals surface area contributed by atoms with E-state index in [2.05, 4.69) is 57.6 Å². The highest BCUT2D eigenvalue weighted by Crippen LogP contribution is 2.25. The molecule has 18 heavy (non-hydrogen) atoms. The topological polar surface area (TPSA) is 68.5 Å². The van der Waals surface area contributed by atoms with Gasteiger partial charge in [-0.2, -0.15) is 4.80 Å². The summed E-state index contributed by atoms with van der Waals surface area (Å²) in [6, 6.07) is 2.01. The Hall–Kier alpha value is -0.860. The maximum absolute atomic E-state index is 4.41. The Kier molecular flexibility index (Phi) is 4.41. The average Bonchev–Trinajstić information content (AvgIpc) is 2.72. The molecule has 0 radical (unpaired) electrons. The lowest BCUT2D eigenvalue weighted by Crippen LogP contribution is -2.21. The fourth-order valence-electron chi connectivity index (χ4n) is 1.60. The number of aryl methyl sites for hydroxylation is 1. The van der Waals surface area contributed by atoms with E-state index < -0.39 is 0 Å². The SMILES string of the molecule is CNC(Cc1nnn(C)n1)c1ncc(Br)cc1Br. The van der Waals surface area contributed by atoms with Crippen LogP contribution in [0.25, 0.3) is 0 Å². The molecule has 2 heterocycles. The molecule has 8 heteroatoms. The quantitative estimate of drug-likeness (QED) is 0.879. The van der Waals surface area contributed by atoms with E-state index in [1.807, 2.05) is 13.1 Å². The van der Waals surface area contributed by atoms with Gasteiger partial charge >= 0.3 is 0 Å². The van der Waals surface area contributed by atoms with Crippen LogP contribution in [0.4, 0.5) is 0 Å². The van der Waals surface area contributed by atoms with Crippen molar-refractivity contribution >= 4 is 31.9 Å². The third kappa shape index (κ3) is 3.12. The minimum atomic E-state index is 0.0386. The third-order valence-corrected chi connectivity index (χ3v) is 3.52. The van der Waals surface area contributed by atoms with Gasteiger partial charge in [0, 0.05) is 21.6 Å². The van der Waals surface area contributed by atoms with Gasteiger partial charge in [-0.05, 0) is 50.2 Å². The summed E-state index contributed by atoms with van der Waals surface area (Å²) in [7, 11) is 3.63. The molecule has 0 amide bonds. The maximum Gasteiger partial charge on any atom is 0.176 e. The molecule has 0 aliphatic heterocycles. The standard InChI is InChI=1S/C10H12Br2N6/c1-13-8(4-9-15-17-18(2)16-9)10-7(12)3-6(11)5-14-10/h3,5,8,13H,4H2,1-2H3. The van der Waals surface area contributed by atoms with Crippen LogP contribution >= 0.6 is 31.9 Å². The number of hydrogen-bond donors (Lipinski definition) is 1. The molecule has 1 N–H and O–H groups in total. The lowest BCUT2D eigenvalue weighted by molar-refractivity contribution is 0.554. The molecule has 0 spiro atoms. The summed E-state index contributed by atoms with van der Waals surface area (Å²) in [6.07, 6.45) is 2.41. The third-order valence-electron chi connectivity index (χ3n) is 2.45. The summed E-state index contributed by atoms with van der Waals surface area (Å²) in [6.45, 7) is 0. The predicted molar refractivity (Wildman–Crippen MR) is 73.9 cm³/mol. The minimum Gasteiger partial charge on any atom is -0.311 e. The van der Waals surface area contributed by atoms with Crippen molar-refractivity contribution in [2.24, 2.45) is 7.05 Å². The van der Waals surface area contributed by atoms with Crippen molar-refractivity contribution in [3.8, 4) is 0 Å². The molecule has 2 rings (SSSR count). The van der Waals surface area contributed by atoms with E-state index in [1.54, 1.807) is 13.2 Å². The Labute approximate surface area is 121 Å². The summed E-state index contributed by atoms with van der Waals surface area (Å²) < 4.78 is 1.88. The Bertz CT molecular complexity index is 541. The summed E-state index contributed by atoms with van der Waals surface area (Å²) in [5.41, 5.74) is 0.924. The first-order valence-corrected chi connectivity index (χ1v) is 6.90. The van der Waals surface area contributed by atoms with Crippen LogP contribution in [0.15, 0.2) is 21.2 Å². The van der Waals surface area contributed by atoms with Crippen molar-refractivity contribution in [2.75, 3.05) is 7.05 Å². The van der Waals surface area contributed by atoms with Gasteiger partial charge in [0.2, 0.25) is 0 Å². The van der Waals surface area contributed by atoms with Gasteiger partial charge in [-0.15, -0.1) is 10.2 Å². The molecule has 0 bridgehead atoms. The second-order valence-electron chi connectivity index (χ2n) is 3.76. The zero-order valence-corrected chi connectivity index (χ0v) is 13.1. The Balaban J connectivity index is 2.22. The summed E-state index contributed by atoms with van der Waals surface area (Å²) >= 11 is 6.90. The molecule has 6 nitrogen and oxygen atoms in total. The molecule has 96 valence electrons. The second kappa shape index (κ2) is 5.85. The molecule has 0 saturated heterocycles. The number of likely N-dealkylation sites (N-methyl/N-ethyl adjacent to an activating group) is 1. The predicted octanol–water partition coefficient (Wildman–Crippen LogP) is 1.63. The van der Waals surface area contributed by atoms with Crippen LogP contribution in [0.3, 0.4) is 0 Å². The summed E-state index contributed by atoms with van der Waals surface area (Å²) in [5, 5.41) is 15.2. The van der Waals surface area contributed by atoms with Crippen LogP contribution in [0.5, 0.6) is 0 Å². The van der Waals surface area contributed by atoms with Crippen LogP contribution in [0, 0.1) is 0 Å². The van der Waals surface area contributed by atoms with Gasteiger partial charge in [0.05, 0.1) is 18.8 Å². The summed E-state index contributed by atoms with van der Waals surface area (Å²) in [4.78, 5) is 5.86. The van der Waals surface area contributed by atoms with E-state index in [0.29, 0.717) is 12.2 Å². The van der Waals surface area contributed by atoms with Gasteiger partial charge in [0.15, 0.2) is 5.82 Å². The Morgan fingerprint density at radius 2 is 2.22 bits per heavy atom. The van der Waals surface area contributed by atoms with Gasteiger partial charge < -0.3 is 5.32 Å². The van der Waals surface area contributed by atoms with Gasteiger partial charge in [0.25, 0.3) is 0 Å². The Morgan fingerprint density at radius 1 is 1.44 bits per heavy atom. The molecule has 2 aromatic heterocycles. The highest BCUT2D eigenvalue weighted by Gasteiger charge is 2.17. The van der Waals surface area contributed by atoms with Gasteiger partial charge in [-0.25, -0.2) is 0 Å². The van der Waals surface area contributed by atoms with Crippen molar-refractivity contribution in [1.29, 1.82) is 0 Å². The first-order chi connectivity index (χ1) is 8.60. The van der Waals surface area contributed by atoms with Crippen LogP contribution in [-0.2, 0) is 13.5 Å². The summed E-state index contributed by atoms with van der Waals surface area (Å²) in [5.74, 6) is 0.688. The van der Waals surface area contributed by atoms with Crippen LogP contribution in [-0.4, -0.2) is 32.2 Å². The van der Waals surface area contributed by atoms with Crippen molar-refractivity contribution in [1.82, 2.24) is 30.5 Å². The highest BCUT2D eigenvalue weighted by molar-refractivity contribution is 9.11. The van der Waals surface area contributed by atoms with E-state index >= 15 is 0 Å². The van der Waals surface area contributed by atoms with E-state index in [1.165, 1.54) is 4.80 Å². The fourth-order valence-corrected chi connectivity index (χ4v) is 2.87. The fraction of sp³-hybridized carbons (Fsp3) is 0.400. The van der Waals surface area contributed by atoms with Crippen molar-refractivity contribution in [3.05, 3.63) is 32.7 Å². The lowest BCUT2D eigenvalue weighted by Gasteiger charge is -2.15. The molecule has 0 fully saturated rings. The number of nitrogens with zero attached hydrogens (tertiary/aromatic N) is 5. The largest absolute Gasteiger partial charge is 0.311 e. The highest BCUT2D eigenvalue weighted by atomic mass is 79.9. The van der Waals surface area contributed by atoms with E-state index in [4.69, 9.17) is 0 Å². The number of hydrogen-bond acceptors (Lipinski definition) is 5. The van der Waals surface area contributed by atoms with Crippen molar-refractivity contribution in [2.45, 2.75) is 12.5 Å². The van der Waals surface area contributed by atoms with Crippen molar-refractivity contribution in [3.63, 3.8) is 0 Å². The minimum absolute atomic E-state index is 0.0386. The van der Waals surface area contributed by atoms with Crippen LogP contribution < -0.4 is 5.32 Å². The smallest absolute Gasteiger partial charge is 0.176 e. The van der Waals surface area contributed by atoms with Crippen LogP contribution in [0.1, 0.15) is 17.6 Å². The first kappa shape index (κ1) is 13.6. The zero-order valence-electron chi connectivity index (χ0n) is 9.93. The first-order valence-electron chi connectivity index (χ1n) is 5.31. The lowest BCUT2D eigenvalue weighted by atomic mass is 10.1. The monoisotopic (exact) mass is 374 g/mol. The normalized spacial score (nSPS) is 12.7.